The minimum atomic E-state index is -4.58. The van der Waals surface area contributed by atoms with E-state index in [2.05, 4.69) is 5.32 Å². The Kier molecular flexibility index (Phi) is 6.98. The zero-order chi connectivity index (χ0) is 22.8. The van der Waals surface area contributed by atoms with Crippen LogP contribution in [0.1, 0.15) is 43.4 Å². The molecule has 0 aromatic heterocycles. The van der Waals surface area contributed by atoms with Crippen LogP contribution >= 0.6 is 0 Å². The molecule has 0 fully saturated rings. The number of halogens is 3. The summed E-state index contributed by atoms with van der Waals surface area (Å²) in [6, 6.07) is 12.7. The van der Waals surface area contributed by atoms with Crippen LogP contribution in [0.25, 0.3) is 0 Å². The van der Waals surface area contributed by atoms with Gasteiger partial charge in [0.05, 0.1) is 35.8 Å². The van der Waals surface area contributed by atoms with Gasteiger partial charge in [0.15, 0.2) is 9.84 Å². The fourth-order valence-electron chi connectivity index (χ4n) is 4.14. The van der Waals surface area contributed by atoms with Crippen LogP contribution in [-0.4, -0.2) is 44.2 Å². The number of nitrogens with one attached hydrogen (secondary N) is 1. The molecule has 0 aliphatic carbocycles. The lowest BCUT2D eigenvalue weighted by molar-refractivity contribution is -0.154. The third kappa shape index (κ3) is 5.22. The van der Waals surface area contributed by atoms with Crippen LogP contribution in [-0.2, 0) is 9.84 Å². The van der Waals surface area contributed by atoms with Gasteiger partial charge in [-0.25, -0.2) is 8.42 Å². The van der Waals surface area contributed by atoms with Crippen LogP contribution in [0.3, 0.4) is 0 Å². The van der Waals surface area contributed by atoms with Crippen LogP contribution in [0.4, 0.5) is 13.2 Å². The average molecular weight is 458 g/mol. The maximum absolute atomic E-state index is 13.6. The highest BCUT2D eigenvalue weighted by atomic mass is 32.2. The second kappa shape index (κ2) is 9.18. The van der Waals surface area contributed by atoms with Crippen molar-refractivity contribution in [3.8, 4) is 5.75 Å². The number of methoxy groups -OCH3 is 1. The fourth-order valence-corrected chi connectivity index (χ4v) is 6.41. The van der Waals surface area contributed by atoms with Gasteiger partial charge in [0, 0.05) is 6.04 Å². The maximum atomic E-state index is 13.6. The highest BCUT2D eigenvalue weighted by Gasteiger charge is 2.43. The van der Waals surface area contributed by atoms with E-state index in [1.807, 2.05) is 30.3 Å². The van der Waals surface area contributed by atoms with E-state index in [1.54, 1.807) is 13.0 Å². The Hall–Kier alpha value is -2.10. The zero-order valence-electron chi connectivity index (χ0n) is 17.3. The van der Waals surface area contributed by atoms with E-state index in [9.17, 15) is 26.7 Å². The van der Waals surface area contributed by atoms with E-state index in [0.717, 1.165) is 5.56 Å². The Morgan fingerprint density at radius 3 is 2.42 bits per heavy atom. The first kappa shape index (κ1) is 23.6. The van der Waals surface area contributed by atoms with Crippen LogP contribution in [0.2, 0.25) is 0 Å². The second-order valence-corrected chi connectivity index (χ2v) is 9.86. The number of alkyl halides is 3. The molecule has 0 saturated heterocycles. The Bertz CT molecular complexity index is 996. The summed E-state index contributed by atoms with van der Waals surface area (Å²) < 4.78 is 70.8. The Balaban J connectivity index is 2.12. The van der Waals surface area contributed by atoms with Crippen molar-refractivity contribution in [1.82, 2.24) is 5.32 Å². The van der Waals surface area contributed by atoms with E-state index in [4.69, 9.17) is 4.74 Å². The van der Waals surface area contributed by atoms with Gasteiger partial charge in [-0.15, -0.1) is 0 Å². The van der Waals surface area contributed by atoms with Crippen molar-refractivity contribution in [2.24, 2.45) is 0 Å². The van der Waals surface area contributed by atoms with Crippen LogP contribution in [0.5, 0.6) is 5.75 Å². The lowest BCUT2D eigenvalue weighted by Crippen LogP contribution is -2.45. The number of fused-ring (bicyclic) bond motifs is 1. The van der Waals surface area contributed by atoms with Crippen molar-refractivity contribution < 1.29 is 31.4 Å². The zero-order valence-corrected chi connectivity index (χ0v) is 18.1. The molecule has 1 aliphatic heterocycles. The molecule has 5 nitrogen and oxygen atoms in total. The van der Waals surface area contributed by atoms with E-state index < -0.39 is 52.3 Å². The first-order chi connectivity index (χ1) is 14.6. The predicted octanol–water partition coefficient (Wildman–Crippen LogP) is 4.01. The molecule has 0 spiro atoms. The number of hydrogen-bond acceptors (Lipinski definition) is 5. The molecule has 0 saturated carbocycles. The summed E-state index contributed by atoms with van der Waals surface area (Å²) in [5.41, 5.74) is 1.29. The lowest BCUT2D eigenvalue weighted by atomic mass is 9.95. The fraction of sp³-hybridized carbons (Fsp3) is 0.455. The summed E-state index contributed by atoms with van der Waals surface area (Å²) in [4.78, 5) is 0.0369. The maximum Gasteiger partial charge on any atom is 0.391 e. The SMILES string of the molecule is CC[C@H]1NC(c2ccccc2)c2cc(OC)ccc2S(=O)(=O)[C@@H]1CC(O)CC(F)(F)F. The first-order valence-electron chi connectivity index (χ1n) is 10.0. The Morgan fingerprint density at radius 1 is 1.16 bits per heavy atom. The van der Waals surface area contributed by atoms with Gasteiger partial charge in [-0.2, -0.15) is 13.2 Å². The van der Waals surface area contributed by atoms with Gasteiger partial charge in [-0.1, -0.05) is 37.3 Å². The van der Waals surface area contributed by atoms with Gasteiger partial charge in [0.25, 0.3) is 0 Å². The predicted molar refractivity (Wildman–Crippen MR) is 111 cm³/mol. The molecular formula is C22H26F3NO4S. The molecule has 1 aliphatic rings. The van der Waals surface area contributed by atoms with Crippen LogP contribution < -0.4 is 10.1 Å². The lowest BCUT2D eigenvalue weighted by Gasteiger charge is -2.29. The van der Waals surface area contributed by atoms with Crippen molar-refractivity contribution in [3.05, 3.63) is 59.7 Å². The summed E-state index contributed by atoms with van der Waals surface area (Å²) in [6.45, 7) is 1.77. The number of aliphatic hydroxyl groups excluding tert-OH is 1. The summed E-state index contributed by atoms with van der Waals surface area (Å²) in [6.07, 6.45) is -8.00. The summed E-state index contributed by atoms with van der Waals surface area (Å²) in [7, 11) is -2.57. The van der Waals surface area contributed by atoms with E-state index in [-0.39, 0.29) is 4.90 Å². The Labute approximate surface area is 180 Å². The number of benzene rings is 2. The van der Waals surface area contributed by atoms with Crippen molar-refractivity contribution in [1.29, 1.82) is 0 Å². The summed E-state index contributed by atoms with van der Waals surface area (Å²) in [5, 5.41) is 12.2. The topological polar surface area (TPSA) is 75.6 Å². The molecule has 31 heavy (non-hydrogen) atoms. The number of hydrogen-bond donors (Lipinski definition) is 2. The summed E-state index contributed by atoms with van der Waals surface area (Å²) in [5.74, 6) is 0.472. The number of ether oxygens (including phenoxy) is 1. The molecule has 0 radical (unpaired) electrons. The molecule has 0 amide bonds. The molecule has 2 aromatic carbocycles. The van der Waals surface area contributed by atoms with Crippen LogP contribution in [0, 0.1) is 0 Å². The largest absolute Gasteiger partial charge is 0.497 e. The highest BCUT2D eigenvalue weighted by molar-refractivity contribution is 7.92. The molecule has 3 rings (SSSR count). The third-order valence-electron chi connectivity index (χ3n) is 5.61. The van der Waals surface area contributed by atoms with E-state index in [1.165, 1.54) is 19.2 Å². The molecule has 9 heteroatoms. The molecule has 4 atom stereocenters. The normalized spacial score (nSPS) is 24.1. The number of aliphatic hydroxyl groups is 1. The molecular weight excluding hydrogens is 431 g/mol. The second-order valence-electron chi connectivity index (χ2n) is 7.72. The average Bonchev–Trinajstić information content (AvgIpc) is 2.80. The quantitative estimate of drug-likeness (QED) is 0.686. The molecule has 170 valence electrons. The smallest absolute Gasteiger partial charge is 0.391 e. The van der Waals surface area contributed by atoms with Crippen molar-refractivity contribution in [2.45, 2.75) is 60.7 Å². The minimum Gasteiger partial charge on any atom is -0.497 e. The van der Waals surface area contributed by atoms with Gasteiger partial charge in [0.2, 0.25) is 0 Å². The van der Waals surface area contributed by atoms with Crippen LogP contribution in [0.15, 0.2) is 53.4 Å². The van der Waals surface area contributed by atoms with Gasteiger partial charge < -0.3 is 15.2 Å². The van der Waals surface area contributed by atoms with E-state index >= 15 is 0 Å². The molecule has 1 heterocycles. The Morgan fingerprint density at radius 2 is 1.84 bits per heavy atom. The van der Waals surface area contributed by atoms with Gasteiger partial charge >= 0.3 is 6.18 Å². The van der Waals surface area contributed by atoms with Crippen molar-refractivity contribution >= 4 is 9.84 Å². The highest BCUT2D eigenvalue weighted by Crippen LogP contribution is 2.39. The molecule has 2 aromatic rings. The number of rotatable bonds is 6. The van der Waals surface area contributed by atoms with Gasteiger partial charge in [0.1, 0.15) is 5.75 Å². The van der Waals surface area contributed by atoms with E-state index in [0.29, 0.717) is 17.7 Å². The standard InChI is InChI=1S/C22H26F3NO4S/c1-3-18-20(11-15(27)13-22(23,24)25)31(28,29)19-10-9-16(30-2)12-17(19)21(26-18)14-7-5-4-6-8-14/h4-10,12,15,18,20-21,26-27H,3,11,13H2,1-2H3/t15?,18-,20-,21?/m1/s1. The third-order valence-corrected chi connectivity index (χ3v) is 7.91. The minimum absolute atomic E-state index is 0.0369. The van der Waals surface area contributed by atoms with Crippen molar-refractivity contribution in [2.75, 3.05) is 7.11 Å². The number of sulfone groups is 1. The van der Waals surface area contributed by atoms with Gasteiger partial charge in [-0.3, -0.25) is 0 Å². The van der Waals surface area contributed by atoms with Crippen molar-refractivity contribution in [3.63, 3.8) is 0 Å². The molecule has 2 unspecified atom stereocenters. The van der Waals surface area contributed by atoms with Gasteiger partial charge in [-0.05, 0) is 42.2 Å². The monoisotopic (exact) mass is 457 g/mol. The molecule has 2 N–H and O–H groups in total. The first-order valence-corrected chi connectivity index (χ1v) is 11.6. The summed E-state index contributed by atoms with van der Waals surface area (Å²) >= 11 is 0. The molecule has 0 bridgehead atoms.